The summed E-state index contributed by atoms with van der Waals surface area (Å²) in [5.74, 6) is 0.341. The average Bonchev–Trinajstić information content (AvgIpc) is 2.66. The van der Waals surface area contributed by atoms with Crippen LogP contribution in [0.1, 0.15) is 52.4 Å². The lowest BCUT2D eigenvalue weighted by Gasteiger charge is -2.18. The molecular formula is C16H24N2O3. The van der Waals surface area contributed by atoms with E-state index in [9.17, 15) is 10.1 Å². The van der Waals surface area contributed by atoms with Gasteiger partial charge in [-0.25, -0.2) is 0 Å². The van der Waals surface area contributed by atoms with Gasteiger partial charge in [0, 0.05) is 23.9 Å². The van der Waals surface area contributed by atoms with E-state index in [1.54, 1.807) is 12.1 Å². The Bertz CT molecular complexity index is 480. The predicted molar refractivity (Wildman–Crippen MR) is 84.0 cm³/mol. The zero-order valence-electron chi connectivity index (χ0n) is 12.8. The zero-order valence-corrected chi connectivity index (χ0v) is 12.8. The highest BCUT2D eigenvalue weighted by molar-refractivity contribution is 5.58. The molecule has 116 valence electrons. The first-order valence-corrected chi connectivity index (χ1v) is 7.78. The van der Waals surface area contributed by atoms with Crippen molar-refractivity contribution in [1.29, 1.82) is 0 Å². The highest BCUT2D eigenvalue weighted by Crippen LogP contribution is 2.32. The van der Waals surface area contributed by atoms with Crippen molar-refractivity contribution in [1.82, 2.24) is 0 Å². The molecule has 1 aromatic carbocycles. The van der Waals surface area contributed by atoms with Crippen molar-refractivity contribution in [2.24, 2.45) is 0 Å². The molecule has 1 N–H and O–H groups in total. The van der Waals surface area contributed by atoms with E-state index in [2.05, 4.69) is 5.32 Å². The maximum Gasteiger partial charge on any atom is 0.311 e. The largest absolute Gasteiger partial charge is 0.484 e. The van der Waals surface area contributed by atoms with Gasteiger partial charge in [-0.2, -0.15) is 0 Å². The van der Waals surface area contributed by atoms with Gasteiger partial charge in [-0.1, -0.05) is 25.7 Å². The van der Waals surface area contributed by atoms with Crippen LogP contribution in [-0.2, 0) is 0 Å². The second-order valence-electron chi connectivity index (χ2n) is 5.94. The number of ether oxygens (including phenoxy) is 1. The number of nitrogens with one attached hydrogen (secondary N) is 1. The molecule has 0 aliphatic heterocycles. The van der Waals surface area contributed by atoms with Gasteiger partial charge in [0.15, 0.2) is 5.75 Å². The van der Waals surface area contributed by atoms with Crippen LogP contribution in [-0.4, -0.2) is 17.1 Å². The van der Waals surface area contributed by atoms with Gasteiger partial charge in [0.05, 0.1) is 11.0 Å². The van der Waals surface area contributed by atoms with Gasteiger partial charge in [-0.15, -0.1) is 0 Å². The lowest BCUT2D eigenvalue weighted by molar-refractivity contribution is -0.386. The van der Waals surface area contributed by atoms with Crippen LogP contribution in [0.3, 0.4) is 0 Å². The molecule has 0 spiro atoms. The molecule has 1 aliphatic rings. The number of hydrogen-bond acceptors (Lipinski definition) is 4. The quantitative estimate of drug-likeness (QED) is 0.492. The van der Waals surface area contributed by atoms with Crippen molar-refractivity contribution in [3.63, 3.8) is 0 Å². The SMILES string of the molecule is CC(C)Oc1cc(NC2CCCCCC2)ccc1[N+](=O)[O-]. The number of nitrogens with zero attached hydrogens (tertiary/aromatic N) is 1. The number of rotatable bonds is 5. The van der Waals surface area contributed by atoms with E-state index in [1.807, 2.05) is 13.8 Å². The van der Waals surface area contributed by atoms with Crippen LogP contribution < -0.4 is 10.1 Å². The summed E-state index contributed by atoms with van der Waals surface area (Å²) in [6.45, 7) is 3.74. The number of hydrogen-bond donors (Lipinski definition) is 1. The van der Waals surface area contributed by atoms with Crippen LogP contribution in [0.25, 0.3) is 0 Å². The number of nitro groups is 1. The smallest absolute Gasteiger partial charge is 0.311 e. The monoisotopic (exact) mass is 292 g/mol. The molecule has 1 aromatic rings. The molecule has 5 heteroatoms. The minimum absolute atomic E-state index is 0.0233. The molecule has 0 aromatic heterocycles. The fraction of sp³-hybridized carbons (Fsp3) is 0.625. The fourth-order valence-corrected chi connectivity index (χ4v) is 2.76. The van der Waals surface area contributed by atoms with Crippen LogP contribution in [0.15, 0.2) is 18.2 Å². The molecule has 21 heavy (non-hydrogen) atoms. The lowest BCUT2D eigenvalue weighted by atomic mass is 10.1. The van der Waals surface area contributed by atoms with Crippen molar-refractivity contribution < 1.29 is 9.66 Å². The van der Waals surface area contributed by atoms with Crippen molar-refractivity contribution in [3.05, 3.63) is 28.3 Å². The topological polar surface area (TPSA) is 64.4 Å². The van der Waals surface area contributed by atoms with E-state index in [-0.39, 0.29) is 11.8 Å². The van der Waals surface area contributed by atoms with E-state index in [4.69, 9.17) is 4.74 Å². The van der Waals surface area contributed by atoms with E-state index >= 15 is 0 Å². The molecule has 1 aliphatic carbocycles. The third-order valence-electron chi connectivity index (χ3n) is 3.75. The fourth-order valence-electron chi connectivity index (χ4n) is 2.76. The Morgan fingerprint density at radius 3 is 2.48 bits per heavy atom. The van der Waals surface area contributed by atoms with Gasteiger partial charge >= 0.3 is 5.69 Å². The van der Waals surface area contributed by atoms with E-state index in [0.717, 1.165) is 18.5 Å². The molecule has 0 bridgehead atoms. The summed E-state index contributed by atoms with van der Waals surface area (Å²) < 4.78 is 5.58. The number of nitro benzene ring substituents is 1. The van der Waals surface area contributed by atoms with Gasteiger partial charge in [0.1, 0.15) is 0 Å². The van der Waals surface area contributed by atoms with E-state index < -0.39 is 4.92 Å². The Kier molecular flexibility index (Phi) is 5.42. The third-order valence-corrected chi connectivity index (χ3v) is 3.75. The summed E-state index contributed by atoms with van der Waals surface area (Å²) in [6.07, 6.45) is 7.35. The standard InChI is InChI=1S/C16H24N2O3/c1-12(2)21-16-11-14(9-10-15(16)18(19)20)17-13-7-5-3-4-6-8-13/h9-13,17H,3-8H2,1-2H3. The van der Waals surface area contributed by atoms with Crippen molar-refractivity contribution in [2.75, 3.05) is 5.32 Å². The maximum atomic E-state index is 11.1. The third kappa shape index (κ3) is 4.62. The predicted octanol–water partition coefficient (Wildman–Crippen LogP) is 4.52. The second kappa shape index (κ2) is 7.29. The normalized spacial score (nSPS) is 16.5. The lowest BCUT2D eigenvalue weighted by Crippen LogP contribution is -2.18. The van der Waals surface area contributed by atoms with E-state index in [1.165, 1.54) is 31.7 Å². The van der Waals surface area contributed by atoms with Gasteiger partial charge < -0.3 is 10.1 Å². The van der Waals surface area contributed by atoms with Crippen LogP contribution in [0.2, 0.25) is 0 Å². The molecule has 5 nitrogen and oxygen atoms in total. The van der Waals surface area contributed by atoms with Crippen LogP contribution in [0, 0.1) is 10.1 Å². The summed E-state index contributed by atoms with van der Waals surface area (Å²) in [6, 6.07) is 5.51. The van der Waals surface area contributed by atoms with Crippen molar-refractivity contribution in [2.45, 2.75) is 64.5 Å². The summed E-state index contributed by atoms with van der Waals surface area (Å²) >= 11 is 0. The number of benzene rings is 1. The Labute approximate surface area is 125 Å². The van der Waals surface area contributed by atoms with Crippen molar-refractivity contribution in [3.8, 4) is 5.75 Å². The molecule has 0 heterocycles. The first-order valence-electron chi connectivity index (χ1n) is 7.78. The Hall–Kier alpha value is -1.78. The molecule has 0 atom stereocenters. The van der Waals surface area contributed by atoms with Crippen LogP contribution >= 0.6 is 0 Å². The second-order valence-corrected chi connectivity index (χ2v) is 5.94. The highest BCUT2D eigenvalue weighted by Gasteiger charge is 2.18. The molecule has 0 radical (unpaired) electrons. The molecule has 1 fully saturated rings. The zero-order chi connectivity index (χ0) is 15.2. The Morgan fingerprint density at radius 1 is 1.24 bits per heavy atom. The maximum absolute atomic E-state index is 11.1. The van der Waals surface area contributed by atoms with Crippen LogP contribution in [0.5, 0.6) is 5.75 Å². The first kappa shape index (κ1) is 15.6. The van der Waals surface area contributed by atoms with Gasteiger partial charge in [-0.3, -0.25) is 10.1 Å². The molecular weight excluding hydrogens is 268 g/mol. The minimum Gasteiger partial charge on any atom is -0.484 e. The molecule has 0 saturated heterocycles. The highest BCUT2D eigenvalue weighted by atomic mass is 16.6. The molecule has 0 amide bonds. The summed E-state index contributed by atoms with van der Waals surface area (Å²) in [5, 5.41) is 14.6. The first-order chi connectivity index (χ1) is 10.1. The molecule has 0 unspecified atom stereocenters. The van der Waals surface area contributed by atoms with Gasteiger partial charge in [0.2, 0.25) is 0 Å². The Morgan fingerprint density at radius 2 is 1.90 bits per heavy atom. The summed E-state index contributed by atoms with van der Waals surface area (Å²) in [5.41, 5.74) is 0.929. The van der Waals surface area contributed by atoms with Crippen molar-refractivity contribution >= 4 is 11.4 Å². The minimum atomic E-state index is -0.396. The molecule has 2 rings (SSSR count). The van der Waals surface area contributed by atoms with E-state index in [0.29, 0.717) is 11.8 Å². The summed E-state index contributed by atoms with van der Waals surface area (Å²) in [4.78, 5) is 10.7. The molecule has 1 saturated carbocycles. The van der Waals surface area contributed by atoms with Gasteiger partial charge in [-0.05, 0) is 32.8 Å². The Balaban J connectivity index is 2.14. The van der Waals surface area contributed by atoms with Gasteiger partial charge in [0.25, 0.3) is 0 Å². The summed E-state index contributed by atoms with van der Waals surface area (Å²) in [7, 11) is 0. The number of anilines is 1. The van der Waals surface area contributed by atoms with Crippen LogP contribution in [0.4, 0.5) is 11.4 Å². The average molecular weight is 292 g/mol.